The second-order valence-electron chi connectivity index (χ2n) is 8.04. The molecule has 1 N–H and O–H groups in total. The summed E-state index contributed by atoms with van der Waals surface area (Å²) in [6, 6.07) is 2.68. The van der Waals surface area contributed by atoms with Crippen molar-refractivity contribution in [2.24, 2.45) is 5.92 Å². The fourth-order valence-electron chi connectivity index (χ4n) is 4.35. The van der Waals surface area contributed by atoms with Crippen molar-refractivity contribution in [2.75, 3.05) is 20.8 Å². The quantitative estimate of drug-likeness (QED) is 0.571. The molecule has 0 spiro atoms. The summed E-state index contributed by atoms with van der Waals surface area (Å²) in [6.45, 7) is 4.85. The highest BCUT2D eigenvalue weighted by Gasteiger charge is 2.47. The Kier molecular flexibility index (Phi) is 7.41. The summed E-state index contributed by atoms with van der Waals surface area (Å²) >= 11 is 0. The molecule has 0 saturated carbocycles. The lowest BCUT2D eigenvalue weighted by molar-refractivity contribution is -0.145. The molecule has 0 aromatic heterocycles. The highest BCUT2D eigenvalue weighted by molar-refractivity contribution is 5.99. The molecule has 8 heteroatoms. The molecule has 2 heterocycles. The molecular weight excluding hydrogens is 400 g/mol. The van der Waals surface area contributed by atoms with Crippen molar-refractivity contribution in [3.8, 4) is 11.5 Å². The molecule has 170 valence electrons. The maximum atomic E-state index is 13.0. The molecule has 2 aliphatic rings. The fourth-order valence-corrected chi connectivity index (χ4v) is 4.35. The lowest BCUT2D eigenvalue weighted by atomic mass is 9.99. The second-order valence-corrected chi connectivity index (χ2v) is 8.04. The minimum atomic E-state index is -0.949. The van der Waals surface area contributed by atoms with Crippen LogP contribution in [0.5, 0.6) is 11.5 Å². The van der Waals surface area contributed by atoms with Crippen molar-refractivity contribution in [3.05, 3.63) is 23.3 Å². The average molecular weight is 433 g/mol. The minimum absolute atomic E-state index is 0.203. The Morgan fingerprint density at radius 2 is 2.03 bits per heavy atom. The topological polar surface area (TPSA) is 94.2 Å². The predicted octanol–water partition coefficient (Wildman–Crippen LogP) is 3.20. The van der Waals surface area contributed by atoms with E-state index in [0.717, 1.165) is 25.7 Å². The third-order valence-corrected chi connectivity index (χ3v) is 6.19. The molecule has 2 amide bonds. The summed E-state index contributed by atoms with van der Waals surface area (Å²) in [5.41, 5.74) is 0.737. The zero-order valence-corrected chi connectivity index (χ0v) is 18.7. The summed E-state index contributed by atoms with van der Waals surface area (Å²) in [7, 11) is 2.93. The molecule has 1 aromatic rings. The van der Waals surface area contributed by atoms with Gasteiger partial charge in [0.25, 0.3) is 0 Å². The lowest BCUT2D eigenvalue weighted by Gasteiger charge is -2.29. The van der Waals surface area contributed by atoms with Gasteiger partial charge in [-0.2, -0.15) is 0 Å². The highest BCUT2D eigenvalue weighted by atomic mass is 16.6. The maximum Gasteiger partial charge on any atom is 0.344 e. The number of amides is 2. The van der Waals surface area contributed by atoms with Gasteiger partial charge in [0.1, 0.15) is 11.6 Å². The van der Waals surface area contributed by atoms with Crippen LogP contribution in [0.25, 0.3) is 0 Å². The number of nitrogens with zero attached hydrogens (tertiary/aromatic N) is 1. The van der Waals surface area contributed by atoms with Gasteiger partial charge in [0.05, 0.1) is 14.2 Å². The number of methoxy groups -OCH3 is 2. The summed E-state index contributed by atoms with van der Waals surface area (Å²) < 4.78 is 16.2. The van der Waals surface area contributed by atoms with Crippen LogP contribution in [0.1, 0.15) is 74.5 Å². The monoisotopic (exact) mass is 432 g/mol. The first-order valence-corrected chi connectivity index (χ1v) is 11.0. The maximum absolute atomic E-state index is 13.0. The van der Waals surface area contributed by atoms with Gasteiger partial charge in [-0.15, -0.1) is 0 Å². The van der Waals surface area contributed by atoms with Crippen LogP contribution >= 0.6 is 0 Å². The van der Waals surface area contributed by atoms with Gasteiger partial charge in [-0.05, 0) is 30.9 Å². The SMILES string of the molecule is CCCC[C@@H](CC)CNC(=O)[C@@H]1CCC(=O)N1[C@H]1OC(=O)c2c1ccc(OC)c2OC. The molecular formula is C23H32N2O6. The van der Waals surface area contributed by atoms with Crippen LogP contribution in [0.2, 0.25) is 0 Å². The molecule has 3 atom stereocenters. The third kappa shape index (κ3) is 4.48. The molecule has 0 radical (unpaired) electrons. The number of carbonyl (C=O) groups is 3. The largest absolute Gasteiger partial charge is 0.493 e. The van der Waals surface area contributed by atoms with E-state index >= 15 is 0 Å². The van der Waals surface area contributed by atoms with Crippen LogP contribution in [-0.4, -0.2) is 49.5 Å². The Morgan fingerprint density at radius 1 is 1.26 bits per heavy atom. The molecule has 1 saturated heterocycles. The van der Waals surface area contributed by atoms with Crippen LogP contribution in [0.15, 0.2) is 12.1 Å². The summed E-state index contributed by atoms with van der Waals surface area (Å²) in [5, 5.41) is 3.02. The number of likely N-dealkylation sites (tertiary alicyclic amines) is 1. The summed E-state index contributed by atoms with van der Waals surface area (Å²) in [4.78, 5) is 39.7. The van der Waals surface area contributed by atoms with Crippen LogP contribution < -0.4 is 14.8 Å². The number of esters is 1. The Bertz CT molecular complexity index is 840. The van der Waals surface area contributed by atoms with E-state index < -0.39 is 18.2 Å². The van der Waals surface area contributed by atoms with Crippen molar-refractivity contribution in [1.82, 2.24) is 10.2 Å². The van der Waals surface area contributed by atoms with Crippen LogP contribution in [-0.2, 0) is 14.3 Å². The van der Waals surface area contributed by atoms with Gasteiger partial charge in [-0.1, -0.05) is 33.1 Å². The smallest absolute Gasteiger partial charge is 0.344 e. The number of rotatable bonds is 10. The van der Waals surface area contributed by atoms with Gasteiger partial charge in [-0.3, -0.25) is 14.5 Å². The number of carbonyl (C=O) groups excluding carboxylic acids is 3. The van der Waals surface area contributed by atoms with Gasteiger partial charge < -0.3 is 19.5 Å². The number of ether oxygens (including phenoxy) is 3. The average Bonchev–Trinajstić information content (AvgIpc) is 3.32. The van der Waals surface area contributed by atoms with Crippen LogP contribution in [0, 0.1) is 5.92 Å². The predicted molar refractivity (Wildman–Crippen MR) is 114 cm³/mol. The van der Waals surface area contributed by atoms with Gasteiger partial charge in [0, 0.05) is 18.5 Å². The van der Waals surface area contributed by atoms with E-state index in [2.05, 4.69) is 19.2 Å². The van der Waals surface area contributed by atoms with Crippen molar-refractivity contribution in [2.45, 2.75) is 64.6 Å². The normalized spacial score (nSPS) is 21.0. The van der Waals surface area contributed by atoms with E-state index in [1.54, 1.807) is 12.1 Å². The molecule has 3 rings (SSSR count). The van der Waals surface area contributed by atoms with E-state index in [1.807, 2.05) is 0 Å². The number of hydrogen-bond donors (Lipinski definition) is 1. The summed E-state index contributed by atoms with van der Waals surface area (Å²) in [6.07, 6.45) is 3.99. The molecule has 1 aromatic carbocycles. The van der Waals surface area contributed by atoms with E-state index in [0.29, 0.717) is 30.2 Å². The first kappa shape index (κ1) is 22.9. The first-order valence-electron chi connectivity index (χ1n) is 11.0. The Labute approximate surface area is 183 Å². The molecule has 0 bridgehead atoms. The third-order valence-electron chi connectivity index (χ3n) is 6.19. The van der Waals surface area contributed by atoms with Crippen molar-refractivity contribution in [1.29, 1.82) is 0 Å². The van der Waals surface area contributed by atoms with Crippen LogP contribution in [0.3, 0.4) is 0 Å². The molecule has 1 fully saturated rings. The number of cyclic esters (lactones) is 1. The van der Waals surface area contributed by atoms with Crippen molar-refractivity contribution >= 4 is 17.8 Å². The van der Waals surface area contributed by atoms with Gasteiger partial charge >= 0.3 is 5.97 Å². The fraction of sp³-hybridized carbons (Fsp3) is 0.609. The van der Waals surface area contributed by atoms with Crippen molar-refractivity contribution < 1.29 is 28.6 Å². The summed E-state index contributed by atoms with van der Waals surface area (Å²) in [5.74, 6) is 0.0706. The number of nitrogens with one attached hydrogen (secondary N) is 1. The van der Waals surface area contributed by atoms with Gasteiger partial charge in [-0.25, -0.2) is 4.79 Å². The number of hydrogen-bond acceptors (Lipinski definition) is 6. The highest BCUT2D eigenvalue weighted by Crippen LogP contribution is 2.45. The number of unbranched alkanes of at least 4 members (excludes halogenated alkanes) is 1. The second kappa shape index (κ2) is 10.0. The Balaban J connectivity index is 1.80. The van der Waals surface area contributed by atoms with E-state index in [-0.39, 0.29) is 29.5 Å². The molecule has 31 heavy (non-hydrogen) atoms. The first-order chi connectivity index (χ1) is 15.0. The Morgan fingerprint density at radius 3 is 2.68 bits per heavy atom. The van der Waals surface area contributed by atoms with E-state index in [1.165, 1.54) is 19.1 Å². The van der Waals surface area contributed by atoms with Crippen molar-refractivity contribution in [3.63, 3.8) is 0 Å². The zero-order valence-electron chi connectivity index (χ0n) is 18.7. The zero-order chi connectivity index (χ0) is 22.5. The Hall–Kier alpha value is -2.77. The lowest BCUT2D eigenvalue weighted by Crippen LogP contribution is -2.47. The minimum Gasteiger partial charge on any atom is -0.493 e. The van der Waals surface area contributed by atoms with E-state index in [9.17, 15) is 14.4 Å². The molecule has 0 unspecified atom stereocenters. The molecule has 0 aliphatic carbocycles. The molecule has 2 aliphatic heterocycles. The number of benzene rings is 1. The van der Waals surface area contributed by atoms with Gasteiger partial charge in [0.15, 0.2) is 11.5 Å². The standard InChI is InChI=1S/C23H32N2O6/c1-5-7-8-14(6-2)13-24-21(27)16-10-12-18(26)25(16)22-15-9-11-17(29-3)20(30-4)19(15)23(28)31-22/h9,11,14,16,22H,5-8,10,12-13H2,1-4H3,(H,24,27)/t14-,16+,22+/m1/s1. The van der Waals surface area contributed by atoms with Crippen LogP contribution in [0.4, 0.5) is 0 Å². The number of fused-ring (bicyclic) bond motifs is 1. The van der Waals surface area contributed by atoms with E-state index in [4.69, 9.17) is 14.2 Å². The van der Waals surface area contributed by atoms with Gasteiger partial charge in [0.2, 0.25) is 18.0 Å². The molecule has 8 nitrogen and oxygen atoms in total.